The summed E-state index contributed by atoms with van der Waals surface area (Å²) >= 11 is 0. The van der Waals surface area contributed by atoms with Gasteiger partial charge in [0.2, 0.25) is 0 Å². The highest BCUT2D eigenvalue weighted by molar-refractivity contribution is 4.89. The smallest absolute Gasteiger partial charge is 0.0718 e. The van der Waals surface area contributed by atoms with E-state index in [1.165, 1.54) is 0 Å². The van der Waals surface area contributed by atoms with Crippen molar-refractivity contribution in [3.05, 3.63) is 0 Å². The molecule has 0 unspecified atom stereocenters. The summed E-state index contributed by atoms with van der Waals surface area (Å²) in [5, 5.41) is 9.80. The van der Waals surface area contributed by atoms with E-state index in [4.69, 9.17) is 9.47 Å². The molecule has 1 N–H and O–H groups in total. The van der Waals surface area contributed by atoms with Gasteiger partial charge in [-0.3, -0.25) is 4.90 Å². The first-order valence-electron chi connectivity index (χ1n) is 5.20. The van der Waals surface area contributed by atoms with E-state index in [2.05, 4.69) is 4.90 Å². The number of fused-ring (bicyclic) bond motifs is 2. The lowest BCUT2D eigenvalue weighted by Crippen LogP contribution is -2.62. The first kappa shape index (κ1) is 10.4. The molecule has 2 bridgehead atoms. The Morgan fingerprint density at radius 3 is 1.93 bits per heavy atom. The zero-order chi connectivity index (χ0) is 10.2. The molecule has 0 saturated carbocycles. The van der Waals surface area contributed by atoms with Gasteiger partial charge in [-0.2, -0.15) is 0 Å². The number of ether oxygens (including phenoxy) is 2. The second-order valence-electron chi connectivity index (χ2n) is 4.87. The monoisotopic (exact) mass is 201 g/mol. The zero-order valence-electron chi connectivity index (χ0n) is 8.90. The Morgan fingerprint density at radius 2 is 1.57 bits per heavy atom. The highest BCUT2D eigenvalue weighted by Crippen LogP contribution is 2.21. The molecule has 4 heteroatoms. The van der Waals surface area contributed by atoms with Crippen LogP contribution in [-0.2, 0) is 9.47 Å². The molecule has 14 heavy (non-hydrogen) atoms. The summed E-state index contributed by atoms with van der Waals surface area (Å²) in [4.78, 5) is 2.33. The van der Waals surface area contributed by atoms with Crippen LogP contribution in [0.15, 0.2) is 0 Å². The van der Waals surface area contributed by atoms with Crippen molar-refractivity contribution in [1.29, 1.82) is 0 Å². The predicted octanol–water partition coefficient (Wildman–Crippen LogP) is -0.143. The van der Waals surface area contributed by atoms with Gasteiger partial charge >= 0.3 is 0 Å². The Labute approximate surface area is 84.8 Å². The summed E-state index contributed by atoms with van der Waals surface area (Å²) in [6, 6.07) is 0.655. The van der Waals surface area contributed by atoms with Crippen molar-refractivity contribution in [2.24, 2.45) is 0 Å². The molecule has 4 nitrogen and oxygen atoms in total. The fourth-order valence-electron chi connectivity index (χ4n) is 2.16. The molecule has 82 valence electrons. The van der Waals surface area contributed by atoms with Crippen molar-refractivity contribution in [3.63, 3.8) is 0 Å². The van der Waals surface area contributed by atoms with Gasteiger partial charge in [0.05, 0.1) is 44.1 Å². The minimum atomic E-state index is -0.634. The van der Waals surface area contributed by atoms with Crippen LogP contribution >= 0.6 is 0 Å². The molecule has 2 saturated heterocycles. The predicted molar refractivity (Wildman–Crippen MR) is 52.2 cm³/mol. The van der Waals surface area contributed by atoms with Crippen molar-refractivity contribution in [1.82, 2.24) is 4.90 Å². The molecule has 2 fully saturated rings. The van der Waals surface area contributed by atoms with Crippen molar-refractivity contribution >= 4 is 0 Å². The largest absolute Gasteiger partial charge is 0.389 e. The third-order valence-electron chi connectivity index (χ3n) is 2.75. The Balaban J connectivity index is 2.01. The standard InChI is InChI=1S/C10H19NO3/c1-10(2,12)7-11-8-3-13-5-9(11)6-14-4-8/h8-9,12H,3-7H2,1-2H3. The second-order valence-corrected chi connectivity index (χ2v) is 4.87. The van der Waals surface area contributed by atoms with E-state index < -0.39 is 5.60 Å². The molecule has 0 spiro atoms. The maximum absolute atomic E-state index is 9.80. The Morgan fingerprint density at radius 1 is 1.14 bits per heavy atom. The van der Waals surface area contributed by atoms with Gasteiger partial charge in [-0.25, -0.2) is 0 Å². The lowest BCUT2D eigenvalue weighted by atomic mass is 10.0. The summed E-state index contributed by atoms with van der Waals surface area (Å²) in [7, 11) is 0. The molecule has 2 rings (SSSR count). The Bertz CT molecular complexity index is 180. The third kappa shape index (κ3) is 2.25. The minimum Gasteiger partial charge on any atom is -0.389 e. The van der Waals surface area contributed by atoms with Crippen LogP contribution in [0.5, 0.6) is 0 Å². The fourth-order valence-corrected chi connectivity index (χ4v) is 2.16. The van der Waals surface area contributed by atoms with E-state index in [-0.39, 0.29) is 0 Å². The quantitative estimate of drug-likeness (QED) is 0.675. The molecule has 2 aliphatic rings. The van der Waals surface area contributed by atoms with E-state index in [1.807, 2.05) is 13.8 Å². The van der Waals surface area contributed by atoms with Gasteiger partial charge < -0.3 is 14.6 Å². The average Bonchev–Trinajstić information content (AvgIpc) is 1.99. The number of nitrogens with zero attached hydrogens (tertiary/aromatic N) is 1. The topological polar surface area (TPSA) is 41.9 Å². The van der Waals surface area contributed by atoms with Crippen LogP contribution in [-0.4, -0.2) is 60.7 Å². The molecule has 0 amide bonds. The Hall–Kier alpha value is -0.160. The van der Waals surface area contributed by atoms with Gasteiger partial charge in [0.25, 0.3) is 0 Å². The summed E-state index contributed by atoms with van der Waals surface area (Å²) in [5.41, 5.74) is -0.634. The molecule has 0 aromatic carbocycles. The van der Waals surface area contributed by atoms with E-state index >= 15 is 0 Å². The van der Waals surface area contributed by atoms with Crippen molar-refractivity contribution in [2.75, 3.05) is 33.0 Å². The molecule has 0 aromatic rings. The third-order valence-corrected chi connectivity index (χ3v) is 2.75. The first-order chi connectivity index (χ1) is 6.56. The van der Waals surface area contributed by atoms with Crippen LogP contribution in [0, 0.1) is 0 Å². The molecule has 0 radical (unpaired) electrons. The number of hydrogen-bond acceptors (Lipinski definition) is 4. The second kappa shape index (κ2) is 3.77. The molecular formula is C10H19NO3. The SMILES string of the molecule is CC(C)(O)CN1C2COCC1COC2. The summed E-state index contributed by atoms with van der Waals surface area (Å²) in [5.74, 6) is 0. The van der Waals surface area contributed by atoms with Crippen molar-refractivity contribution < 1.29 is 14.6 Å². The zero-order valence-corrected chi connectivity index (χ0v) is 8.90. The summed E-state index contributed by atoms with van der Waals surface area (Å²) < 4.78 is 11.0. The molecule has 2 heterocycles. The normalized spacial score (nSPS) is 34.5. The van der Waals surface area contributed by atoms with E-state index in [1.54, 1.807) is 0 Å². The number of rotatable bonds is 2. The van der Waals surface area contributed by atoms with Crippen LogP contribution in [0.1, 0.15) is 13.8 Å². The maximum Gasteiger partial charge on any atom is 0.0718 e. The van der Waals surface area contributed by atoms with Gasteiger partial charge in [-0.1, -0.05) is 0 Å². The van der Waals surface area contributed by atoms with E-state index in [9.17, 15) is 5.11 Å². The highest BCUT2D eigenvalue weighted by atomic mass is 16.5. The van der Waals surface area contributed by atoms with Crippen LogP contribution in [0.2, 0.25) is 0 Å². The minimum absolute atomic E-state index is 0.328. The fraction of sp³-hybridized carbons (Fsp3) is 1.00. The highest BCUT2D eigenvalue weighted by Gasteiger charge is 2.37. The van der Waals surface area contributed by atoms with Crippen LogP contribution in [0.4, 0.5) is 0 Å². The molecule has 0 aliphatic carbocycles. The number of morpholine rings is 2. The molecular weight excluding hydrogens is 182 g/mol. The molecule has 2 aliphatic heterocycles. The maximum atomic E-state index is 9.80. The van der Waals surface area contributed by atoms with Gasteiger partial charge in [0.1, 0.15) is 0 Å². The van der Waals surface area contributed by atoms with Gasteiger partial charge in [0, 0.05) is 6.54 Å². The van der Waals surface area contributed by atoms with Crippen LogP contribution in [0.25, 0.3) is 0 Å². The molecule has 0 atom stereocenters. The van der Waals surface area contributed by atoms with E-state index in [0.29, 0.717) is 18.6 Å². The van der Waals surface area contributed by atoms with Crippen molar-refractivity contribution in [3.8, 4) is 0 Å². The van der Waals surface area contributed by atoms with Gasteiger partial charge in [-0.15, -0.1) is 0 Å². The Kier molecular flexibility index (Phi) is 2.79. The first-order valence-corrected chi connectivity index (χ1v) is 5.20. The molecule has 0 aromatic heterocycles. The lowest BCUT2D eigenvalue weighted by Gasteiger charge is -2.47. The lowest BCUT2D eigenvalue weighted by molar-refractivity contribution is -0.153. The number of hydrogen-bond donors (Lipinski definition) is 1. The van der Waals surface area contributed by atoms with E-state index in [0.717, 1.165) is 26.4 Å². The van der Waals surface area contributed by atoms with Crippen LogP contribution in [0.3, 0.4) is 0 Å². The van der Waals surface area contributed by atoms with Gasteiger partial charge in [-0.05, 0) is 13.8 Å². The average molecular weight is 201 g/mol. The van der Waals surface area contributed by atoms with Crippen molar-refractivity contribution in [2.45, 2.75) is 31.5 Å². The van der Waals surface area contributed by atoms with Crippen LogP contribution < -0.4 is 0 Å². The number of aliphatic hydroxyl groups is 1. The van der Waals surface area contributed by atoms with Gasteiger partial charge in [0.15, 0.2) is 0 Å². The summed E-state index contributed by atoms with van der Waals surface area (Å²) in [6.45, 7) is 7.31. The summed E-state index contributed by atoms with van der Waals surface area (Å²) in [6.07, 6.45) is 0.